The van der Waals surface area contributed by atoms with E-state index in [9.17, 15) is 22.8 Å². The molecule has 1 aromatic carbocycles. The molecule has 3 aliphatic rings. The Morgan fingerprint density at radius 3 is 2.24 bits per heavy atom. The van der Waals surface area contributed by atoms with Crippen LogP contribution in [0.15, 0.2) is 23.1 Å². The summed E-state index contributed by atoms with van der Waals surface area (Å²) < 4.78 is 32.6. The van der Waals surface area contributed by atoms with Crippen LogP contribution in [-0.2, 0) is 24.3 Å². The number of piperidine rings is 2. The largest absolute Gasteiger partial charge is 0.467 e. The average Bonchev–Trinajstić information content (AvgIpc) is 3.46. The van der Waals surface area contributed by atoms with Crippen molar-refractivity contribution in [3.05, 3.63) is 28.2 Å². The molecular weight excluding hydrogens is 593 g/mol. The second kappa shape index (κ2) is 14.4. The Morgan fingerprint density at radius 2 is 1.61 bits per heavy atom. The lowest BCUT2D eigenvalue weighted by Crippen LogP contribution is -2.55. The van der Waals surface area contributed by atoms with Gasteiger partial charge in [0.1, 0.15) is 12.1 Å². The number of esters is 1. The maximum Gasteiger partial charge on any atom is 0.330 e. The van der Waals surface area contributed by atoms with Gasteiger partial charge in [0, 0.05) is 36.2 Å². The molecule has 11 nitrogen and oxygen atoms in total. The molecule has 2 atom stereocenters. The number of nitrogens with zero attached hydrogens (tertiary/aromatic N) is 3. The summed E-state index contributed by atoms with van der Waals surface area (Å²) >= 11 is 12.0. The van der Waals surface area contributed by atoms with Crippen molar-refractivity contribution in [1.29, 1.82) is 0 Å². The normalized spacial score (nSPS) is 21.8. The van der Waals surface area contributed by atoms with Crippen LogP contribution >= 0.6 is 23.2 Å². The molecule has 0 bridgehead atoms. The summed E-state index contributed by atoms with van der Waals surface area (Å²) in [4.78, 5) is 42.7. The Kier molecular flexibility index (Phi) is 11.1. The first kappa shape index (κ1) is 31.8. The minimum Gasteiger partial charge on any atom is -0.467 e. The second-order valence-corrected chi connectivity index (χ2v) is 13.7. The van der Waals surface area contributed by atoms with Gasteiger partial charge in [-0.15, -0.1) is 0 Å². The van der Waals surface area contributed by atoms with Gasteiger partial charge in [0.25, 0.3) is 0 Å². The molecule has 3 aliphatic heterocycles. The van der Waals surface area contributed by atoms with Crippen LogP contribution in [0.5, 0.6) is 0 Å². The van der Waals surface area contributed by atoms with Gasteiger partial charge >= 0.3 is 12.0 Å². The molecule has 3 fully saturated rings. The summed E-state index contributed by atoms with van der Waals surface area (Å²) in [6.45, 7) is 4.57. The number of urea groups is 1. The first-order valence-electron chi connectivity index (χ1n) is 14.2. The summed E-state index contributed by atoms with van der Waals surface area (Å²) in [7, 11) is -2.90. The molecule has 4 rings (SSSR count). The van der Waals surface area contributed by atoms with Crippen molar-refractivity contribution in [2.24, 2.45) is 5.92 Å². The fourth-order valence-electron chi connectivity index (χ4n) is 5.83. The number of hydrogen-bond donors (Lipinski definition) is 2. The molecule has 228 valence electrons. The highest BCUT2D eigenvalue weighted by Gasteiger charge is 2.41. The third kappa shape index (κ3) is 8.25. The molecule has 0 aromatic heterocycles. The number of halogens is 2. The number of ether oxygens (including phenoxy) is 1. The lowest BCUT2D eigenvalue weighted by molar-refractivity contribution is -0.145. The number of benzene rings is 1. The van der Waals surface area contributed by atoms with Gasteiger partial charge in [0.15, 0.2) is 0 Å². The minimum absolute atomic E-state index is 0.119. The van der Waals surface area contributed by atoms with Crippen LogP contribution in [0.2, 0.25) is 10.0 Å². The number of sulfonamides is 1. The number of methoxy groups -OCH3 is 1. The van der Waals surface area contributed by atoms with E-state index in [4.69, 9.17) is 27.9 Å². The topological polar surface area (TPSA) is 128 Å². The number of carbonyl (C=O) groups excluding carboxylic acids is 3. The maximum atomic E-state index is 13.3. The molecule has 3 amide bonds. The molecule has 2 N–H and O–H groups in total. The van der Waals surface area contributed by atoms with Gasteiger partial charge in [-0.05, 0) is 75.7 Å². The summed E-state index contributed by atoms with van der Waals surface area (Å²) in [5.41, 5.74) is 0. The number of nitrogens with one attached hydrogen (secondary N) is 2. The maximum absolute atomic E-state index is 13.3. The molecule has 0 saturated carbocycles. The Labute approximate surface area is 251 Å². The fourth-order valence-corrected chi connectivity index (χ4v) is 8.22. The van der Waals surface area contributed by atoms with Gasteiger partial charge in [-0.2, -0.15) is 4.31 Å². The summed E-state index contributed by atoms with van der Waals surface area (Å²) in [5.74, 6) is -0.830. The predicted octanol–water partition coefficient (Wildman–Crippen LogP) is 2.71. The molecule has 14 heteroatoms. The van der Waals surface area contributed by atoms with Gasteiger partial charge in [0.2, 0.25) is 15.9 Å². The number of rotatable bonds is 9. The number of amides is 3. The standard InChI is InChI=1S/C27H39Cl2N5O6S/c1-40-26(36)23(17-30-27(37)33-12-7-19(8-13-33)18-32-9-3-2-4-10-32)31-25(35)24-6-5-11-34(24)41(38,39)22-15-20(28)14-21(29)16-22/h14-16,19,23-24H,2-13,17-18H2,1H3,(H,30,37)(H,31,35)/t23-,24-/m0/s1. The summed E-state index contributed by atoms with van der Waals surface area (Å²) in [6, 6.07) is 1.44. The highest BCUT2D eigenvalue weighted by Crippen LogP contribution is 2.30. The quantitative estimate of drug-likeness (QED) is 0.401. The molecule has 3 saturated heterocycles. The molecule has 1 aromatic rings. The fraction of sp³-hybridized carbons (Fsp3) is 0.667. The third-order valence-corrected chi connectivity index (χ3v) is 10.4. The highest BCUT2D eigenvalue weighted by molar-refractivity contribution is 7.89. The number of hydrogen-bond acceptors (Lipinski definition) is 7. The van der Waals surface area contributed by atoms with Crippen LogP contribution in [-0.4, -0.2) is 105 Å². The second-order valence-electron chi connectivity index (χ2n) is 10.9. The summed E-state index contributed by atoms with van der Waals surface area (Å²) in [6.07, 6.45) is 6.38. The molecule has 41 heavy (non-hydrogen) atoms. The van der Waals surface area contributed by atoms with E-state index < -0.39 is 34.0 Å². The van der Waals surface area contributed by atoms with E-state index in [2.05, 4.69) is 15.5 Å². The van der Waals surface area contributed by atoms with Crippen molar-refractivity contribution >= 4 is 51.1 Å². The van der Waals surface area contributed by atoms with E-state index in [-0.39, 0.29) is 40.5 Å². The van der Waals surface area contributed by atoms with Crippen molar-refractivity contribution in [3.63, 3.8) is 0 Å². The number of likely N-dealkylation sites (tertiary alicyclic amines) is 2. The molecule has 0 spiro atoms. The van der Waals surface area contributed by atoms with Crippen LogP contribution < -0.4 is 10.6 Å². The monoisotopic (exact) mass is 631 g/mol. The smallest absolute Gasteiger partial charge is 0.330 e. The van der Waals surface area contributed by atoms with Crippen molar-refractivity contribution in [2.45, 2.75) is 61.9 Å². The molecular formula is C27H39Cl2N5O6S. The minimum atomic E-state index is -4.09. The predicted molar refractivity (Wildman–Crippen MR) is 155 cm³/mol. The molecule has 0 unspecified atom stereocenters. The van der Waals surface area contributed by atoms with Crippen LogP contribution in [0, 0.1) is 5.92 Å². The van der Waals surface area contributed by atoms with E-state index in [1.807, 2.05) is 0 Å². The van der Waals surface area contributed by atoms with E-state index in [1.54, 1.807) is 4.90 Å². The Bertz CT molecular complexity index is 1180. The van der Waals surface area contributed by atoms with E-state index >= 15 is 0 Å². The van der Waals surface area contributed by atoms with Gasteiger partial charge in [-0.3, -0.25) is 4.79 Å². The van der Waals surface area contributed by atoms with Gasteiger partial charge in [0.05, 0.1) is 18.6 Å². The molecule has 0 radical (unpaired) electrons. The number of carbonyl (C=O) groups is 3. The SMILES string of the molecule is COC(=O)[C@H](CNC(=O)N1CCC(CN2CCCCC2)CC1)NC(=O)[C@@H]1CCCN1S(=O)(=O)c1cc(Cl)cc(Cl)c1. The lowest BCUT2D eigenvalue weighted by atomic mass is 9.95. The zero-order chi connectivity index (χ0) is 29.6. The first-order chi connectivity index (χ1) is 19.6. The van der Waals surface area contributed by atoms with Crippen molar-refractivity contribution in [1.82, 2.24) is 24.7 Å². The van der Waals surface area contributed by atoms with Crippen molar-refractivity contribution < 1.29 is 27.5 Å². The van der Waals surface area contributed by atoms with Crippen molar-refractivity contribution in [3.8, 4) is 0 Å². The van der Waals surface area contributed by atoms with Crippen molar-refractivity contribution in [2.75, 3.05) is 52.9 Å². The Hall–Kier alpha value is -2.12. The van der Waals surface area contributed by atoms with Gasteiger partial charge < -0.3 is 25.2 Å². The lowest BCUT2D eigenvalue weighted by Gasteiger charge is -2.36. The van der Waals surface area contributed by atoms with Crippen LogP contribution in [0.3, 0.4) is 0 Å². The van der Waals surface area contributed by atoms with Gasteiger partial charge in [-0.1, -0.05) is 29.6 Å². The van der Waals surface area contributed by atoms with Crippen LogP contribution in [0.4, 0.5) is 4.79 Å². The molecule has 3 heterocycles. The Morgan fingerprint density at radius 1 is 0.951 bits per heavy atom. The third-order valence-electron chi connectivity index (χ3n) is 8.08. The van der Waals surface area contributed by atoms with E-state index in [0.717, 1.165) is 36.8 Å². The Balaban J connectivity index is 1.31. The van der Waals surface area contributed by atoms with Gasteiger partial charge in [-0.25, -0.2) is 18.0 Å². The zero-order valence-corrected chi connectivity index (χ0v) is 25.6. The first-order valence-corrected chi connectivity index (χ1v) is 16.4. The molecule has 0 aliphatic carbocycles. The van der Waals surface area contributed by atoms with Crippen LogP contribution in [0.1, 0.15) is 44.9 Å². The zero-order valence-electron chi connectivity index (χ0n) is 23.3. The highest BCUT2D eigenvalue weighted by atomic mass is 35.5. The van der Waals surface area contributed by atoms with E-state index in [1.165, 1.54) is 44.6 Å². The van der Waals surface area contributed by atoms with Crippen LogP contribution in [0.25, 0.3) is 0 Å². The van der Waals surface area contributed by atoms with E-state index in [0.29, 0.717) is 25.4 Å². The summed E-state index contributed by atoms with van der Waals surface area (Å²) in [5, 5.41) is 5.64. The average molecular weight is 633 g/mol.